The molecule has 2 heterocycles. The SMILES string of the molecule is Cl.O=C(O)CCN1CCC2(CC1)COc1cc(C=Cc3c(Cl)cc(C4CC4)cc3Cl)ccc12. The van der Waals surface area contributed by atoms with Gasteiger partial charge < -0.3 is 14.7 Å². The van der Waals surface area contributed by atoms with E-state index in [1.807, 2.05) is 24.3 Å². The average Bonchev–Trinajstić information content (AvgIpc) is 3.57. The summed E-state index contributed by atoms with van der Waals surface area (Å²) in [5.74, 6) is 0.836. The van der Waals surface area contributed by atoms with Gasteiger partial charge in [-0.25, -0.2) is 0 Å². The molecule has 2 aromatic rings. The second-order valence-electron chi connectivity index (χ2n) is 9.32. The molecule has 1 spiro atoms. The molecule has 5 rings (SSSR count). The van der Waals surface area contributed by atoms with Crippen molar-refractivity contribution in [2.45, 2.75) is 43.4 Å². The van der Waals surface area contributed by atoms with Gasteiger partial charge in [-0.15, -0.1) is 12.4 Å². The monoisotopic (exact) mass is 507 g/mol. The number of hydrogen-bond donors (Lipinski definition) is 1. The molecule has 2 fully saturated rings. The summed E-state index contributed by atoms with van der Waals surface area (Å²) in [4.78, 5) is 13.1. The number of rotatable bonds is 6. The molecule has 33 heavy (non-hydrogen) atoms. The van der Waals surface area contributed by atoms with E-state index in [-0.39, 0.29) is 24.2 Å². The van der Waals surface area contributed by atoms with Gasteiger partial charge in [0.15, 0.2) is 0 Å². The zero-order valence-electron chi connectivity index (χ0n) is 18.4. The van der Waals surface area contributed by atoms with Gasteiger partial charge in [0.2, 0.25) is 0 Å². The van der Waals surface area contributed by atoms with Crippen molar-refractivity contribution in [3.63, 3.8) is 0 Å². The molecule has 1 aliphatic carbocycles. The van der Waals surface area contributed by atoms with E-state index in [2.05, 4.69) is 23.1 Å². The Morgan fingerprint density at radius 2 is 1.82 bits per heavy atom. The number of fused-ring (bicyclic) bond motifs is 2. The summed E-state index contributed by atoms with van der Waals surface area (Å²) in [7, 11) is 0. The zero-order chi connectivity index (χ0) is 22.3. The second kappa shape index (κ2) is 9.87. The highest BCUT2D eigenvalue weighted by Crippen LogP contribution is 2.46. The first-order chi connectivity index (χ1) is 15.4. The molecule has 0 aromatic heterocycles. The van der Waals surface area contributed by atoms with E-state index in [1.165, 1.54) is 24.0 Å². The van der Waals surface area contributed by atoms with Crippen LogP contribution in [0.25, 0.3) is 12.2 Å². The van der Waals surface area contributed by atoms with Crippen LogP contribution < -0.4 is 4.74 Å². The molecule has 7 heteroatoms. The Balaban J connectivity index is 0.00000259. The number of piperidine rings is 1. The van der Waals surface area contributed by atoms with Gasteiger partial charge in [0.25, 0.3) is 0 Å². The van der Waals surface area contributed by atoms with Crippen LogP contribution in [0, 0.1) is 0 Å². The maximum atomic E-state index is 10.8. The number of carbonyl (C=O) groups is 1. The van der Waals surface area contributed by atoms with E-state index in [1.54, 1.807) is 0 Å². The van der Waals surface area contributed by atoms with Gasteiger partial charge in [0, 0.05) is 33.1 Å². The molecular formula is C26H28Cl3NO3. The van der Waals surface area contributed by atoms with E-state index in [9.17, 15) is 4.79 Å². The number of nitrogens with zero attached hydrogens (tertiary/aromatic N) is 1. The van der Waals surface area contributed by atoms with Gasteiger partial charge >= 0.3 is 5.97 Å². The Bertz CT molecular complexity index is 1050. The fourth-order valence-corrected chi connectivity index (χ4v) is 5.59. The zero-order valence-corrected chi connectivity index (χ0v) is 20.7. The Labute approximate surface area is 210 Å². The summed E-state index contributed by atoms with van der Waals surface area (Å²) < 4.78 is 6.12. The third kappa shape index (κ3) is 5.19. The normalized spacial score (nSPS) is 19.3. The lowest BCUT2D eigenvalue weighted by Gasteiger charge is -2.38. The molecule has 1 saturated heterocycles. The minimum absolute atomic E-state index is 0. The summed E-state index contributed by atoms with van der Waals surface area (Å²) in [5, 5.41) is 10.3. The standard InChI is InChI=1S/C26H27Cl2NO3.ClH/c27-22-14-19(18-3-4-18)15-23(28)20(22)5-1-17-2-6-21-24(13-17)32-16-26(21)8-11-29(12-9-26)10-7-25(30)31;/h1-2,5-6,13-15,18H,3-4,7-12,16H2,(H,30,31);1H. The van der Waals surface area contributed by atoms with Crippen molar-refractivity contribution in [1.29, 1.82) is 0 Å². The summed E-state index contributed by atoms with van der Waals surface area (Å²) in [6, 6.07) is 10.5. The van der Waals surface area contributed by atoms with E-state index >= 15 is 0 Å². The second-order valence-corrected chi connectivity index (χ2v) is 10.1. The molecule has 2 aromatic carbocycles. The molecule has 2 aliphatic heterocycles. The van der Waals surface area contributed by atoms with Crippen LogP contribution >= 0.6 is 35.6 Å². The maximum Gasteiger partial charge on any atom is 0.304 e. The molecular weight excluding hydrogens is 481 g/mol. The van der Waals surface area contributed by atoms with Gasteiger partial charge in [-0.3, -0.25) is 4.79 Å². The summed E-state index contributed by atoms with van der Waals surface area (Å²) >= 11 is 13.0. The highest BCUT2D eigenvalue weighted by molar-refractivity contribution is 6.37. The summed E-state index contributed by atoms with van der Waals surface area (Å²) in [6.45, 7) is 3.13. The molecule has 0 unspecified atom stereocenters. The van der Waals surface area contributed by atoms with Crippen molar-refractivity contribution in [1.82, 2.24) is 4.90 Å². The third-order valence-electron chi connectivity index (χ3n) is 7.13. The fraction of sp³-hybridized carbons (Fsp3) is 0.423. The third-order valence-corrected chi connectivity index (χ3v) is 7.75. The topological polar surface area (TPSA) is 49.8 Å². The van der Waals surface area contributed by atoms with Gasteiger partial charge in [0.05, 0.1) is 13.0 Å². The molecule has 1 saturated carbocycles. The number of aliphatic carboxylic acids is 1. The quantitative estimate of drug-likeness (QED) is 0.443. The molecule has 4 nitrogen and oxygen atoms in total. The average molecular weight is 509 g/mol. The van der Waals surface area contributed by atoms with Crippen LogP contribution in [0.4, 0.5) is 0 Å². The number of carboxylic acids is 1. The van der Waals surface area contributed by atoms with Crippen LogP contribution in [0.3, 0.4) is 0 Å². The van der Waals surface area contributed by atoms with Crippen molar-refractivity contribution in [2.24, 2.45) is 0 Å². The van der Waals surface area contributed by atoms with E-state index in [4.69, 9.17) is 33.0 Å². The van der Waals surface area contributed by atoms with Crippen molar-refractivity contribution < 1.29 is 14.6 Å². The molecule has 0 amide bonds. The van der Waals surface area contributed by atoms with Gasteiger partial charge in [-0.1, -0.05) is 47.5 Å². The fourth-order valence-electron chi connectivity index (χ4n) is 4.96. The lowest BCUT2D eigenvalue weighted by molar-refractivity contribution is -0.137. The first-order valence-electron chi connectivity index (χ1n) is 11.3. The molecule has 176 valence electrons. The molecule has 3 aliphatic rings. The van der Waals surface area contributed by atoms with E-state index in [0.717, 1.165) is 42.8 Å². The highest BCUT2D eigenvalue weighted by Gasteiger charge is 2.42. The van der Waals surface area contributed by atoms with Crippen molar-refractivity contribution >= 4 is 53.7 Å². The van der Waals surface area contributed by atoms with E-state index in [0.29, 0.717) is 29.1 Å². The smallest absolute Gasteiger partial charge is 0.304 e. The number of ether oxygens (including phenoxy) is 1. The van der Waals surface area contributed by atoms with Crippen LogP contribution in [0.5, 0.6) is 5.75 Å². The molecule has 0 atom stereocenters. The van der Waals surface area contributed by atoms with Crippen LogP contribution in [-0.2, 0) is 10.2 Å². The van der Waals surface area contributed by atoms with Crippen LogP contribution in [0.1, 0.15) is 60.3 Å². The number of carboxylic acid groups (broad SMARTS) is 1. The summed E-state index contributed by atoms with van der Waals surface area (Å²) in [6.07, 6.45) is 8.65. The Hall–Kier alpha value is -1.72. The molecule has 0 radical (unpaired) electrons. The van der Waals surface area contributed by atoms with Gasteiger partial charge in [-0.2, -0.15) is 0 Å². The predicted molar refractivity (Wildman–Crippen MR) is 136 cm³/mol. The minimum Gasteiger partial charge on any atom is -0.492 e. The van der Waals surface area contributed by atoms with Crippen LogP contribution in [0.2, 0.25) is 10.0 Å². The van der Waals surface area contributed by atoms with Crippen LogP contribution in [-0.4, -0.2) is 42.2 Å². The Morgan fingerprint density at radius 1 is 1.12 bits per heavy atom. The number of halogens is 3. The molecule has 1 N–H and O–H groups in total. The maximum absolute atomic E-state index is 10.8. The van der Waals surface area contributed by atoms with Gasteiger partial charge in [-0.05, 0) is 74.0 Å². The highest BCUT2D eigenvalue weighted by atomic mass is 35.5. The number of hydrogen-bond acceptors (Lipinski definition) is 3. The van der Waals surface area contributed by atoms with Crippen molar-refractivity contribution in [3.05, 3.63) is 62.6 Å². The predicted octanol–water partition coefficient (Wildman–Crippen LogP) is 6.66. The van der Waals surface area contributed by atoms with Crippen molar-refractivity contribution in [2.75, 3.05) is 26.2 Å². The number of likely N-dealkylation sites (tertiary alicyclic amines) is 1. The van der Waals surface area contributed by atoms with Crippen molar-refractivity contribution in [3.8, 4) is 5.75 Å². The first-order valence-corrected chi connectivity index (χ1v) is 12.1. The Kier molecular flexibility index (Phi) is 7.30. The number of benzene rings is 2. The lowest BCUT2D eigenvalue weighted by Crippen LogP contribution is -2.44. The van der Waals surface area contributed by atoms with Crippen LogP contribution in [0.15, 0.2) is 30.3 Å². The molecule has 0 bridgehead atoms. The summed E-state index contributed by atoms with van der Waals surface area (Å²) in [5.41, 5.74) is 4.46. The van der Waals surface area contributed by atoms with E-state index < -0.39 is 5.97 Å². The van der Waals surface area contributed by atoms with Gasteiger partial charge in [0.1, 0.15) is 5.75 Å². The first kappa shape index (κ1) is 24.4. The lowest BCUT2D eigenvalue weighted by atomic mass is 9.74. The minimum atomic E-state index is -0.734. The largest absolute Gasteiger partial charge is 0.492 e. The Morgan fingerprint density at radius 3 is 2.45 bits per heavy atom.